The van der Waals surface area contributed by atoms with Crippen LogP contribution in [0.1, 0.15) is 70.5 Å². The monoisotopic (exact) mass is 673 g/mol. The Balaban J connectivity index is 1.56. The normalized spacial score (nSPS) is 15.1. The van der Waals surface area contributed by atoms with E-state index >= 15 is 0 Å². The number of piperidine rings is 1. The SMILES string of the molecule is CC(O)CN(Cc1cccc(C(=O)Nc2ccc(N3CCCCC3)cc2C(=O)NN=Cc2ccc(Cl)c(C(F)(F)F)c2)c1)CC(C)O. The summed E-state index contributed by atoms with van der Waals surface area (Å²) in [5.74, 6) is -1.13. The van der Waals surface area contributed by atoms with E-state index in [4.69, 9.17) is 11.6 Å². The van der Waals surface area contributed by atoms with E-state index in [0.717, 1.165) is 62.0 Å². The molecule has 1 saturated heterocycles. The van der Waals surface area contributed by atoms with Crippen LogP contribution in [0.3, 0.4) is 0 Å². The Morgan fingerprint density at radius 2 is 1.68 bits per heavy atom. The maximum Gasteiger partial charge on any atom is 0.417 e. The number of amides is 2. The van der Waals surface area contributed by atoms with E-state index in [9.17, 15) is 33.0 Å². The Morgan fingerprint density at radius 1 is 0.979 bits per heavy atom. The van der Waals surface area contributed by atoms with E-state index in [-0.39, 0.29) is 16.8 Å². The molecule has 1 heterocycles. The second-order valence-corrected chi connectivity index (χ2v) is 12.2. The molecule has 4 rings (SSSR count). The molecule has 2 amide bonds. The summed E-state index contributed by atoms with van der Waals surface area (Å²) in [5.41, 5.74) is 3.71. The zero-order valence-corrected chi connectivity index (χ0v) is 27.0. The third-order valence-electron chi connectivity index (χ3n) is 7.53. The average molecular weight is 674 g/mol. The van der Waals surface area contributed by atoms with Crippen LogP contribution < -0.4 is 15.6 Å². The molecule has 0 bridgehead atoms. The zero-order valence-electron chi connectivity index (χ0n) is 26.2. The lowest BCUT2D eigenvalue weighted by atomic mass is 10.1. The molecule has 47 heavy (non-hydrogen) atoms. The summed E-state index contributed by atoms with van der Waals surface area (Å²) in [6.45, 7) is 6.03. The molecule has 0 aromatic heterocycles. The van der Waals surface area contributed by atoms with Gasteiger partial charge in [-0.15, -0.1) is 0 Å². The number of nitrogens with one attached hydrogen (secondary N) is 2. The van der Waals surface area contributed by atoms with Gasteiger partial charge in [0.2, 0.25) is 0 Å². The van der Waals surface area contributed by atoms with Crippen LogP contribution in [0.2, 0.25) is 5.02 Å². The lowest BCUT2D eigenvalue weighted by molar-refractivity contribution is -0.137. The molecule has 1 fully saturated rings. The second kappa shape index (κ2) is 16.2. The number of hydrogen-bond donors (Lipinski definition) is 4. The van der Waals surface area contributed by atoms with Crippen LogP contribution in [0.15, 0.2) is 65.8 Å². The zero-order chi connectivity index (χ0) is 34.1. The lowest BCUT2D eigenvalue weighted by Gasteiger charge is -2.29. The van der Waals surface area contributed by atoms with E-state index in [1.807, 2.05) is 17.0 Å². The van der Waals surface area contributed by atoms with Crippen LogP contribution in [0.25, 0.3) is 0 Å². The highest BCUT2D eigenvalue weighted by molar-refractivity contribution is 6.31. The van der Waals surface area contributed by atoms with E-state index in [1.165, 1.54) is 6.07 Å². The minimum atomic E-state index is -4.65. The van der Waals surface area contributed by atoms with Gasteiger partial charge in [-0.3, -0.25) is 14.5 Å². The van der Waals surface area contributed by atoms with Crippen LogP contribution in [0.4, 0.5) is 24.5 Å². The number of aliphatic hydroxyl groups excluding tert-OH is 2. The van der Waals surface area contributed by atoms with Crippen molar-refractivity contribution in [2.24, 2.45) is 5.10 Å². The van der Waals surface area contributed by atoms with Gasteiger partial charge in [0.1, 0.15) is 0 Å². The van der Waals surface area contributed by atoms with Gasteiger partial charge >= 0.3 is 6.18 Å². The first-order chi connectivity index (χ1) is 22.3. The third-order valence-corrected chi connectivity index (χ3v) is 7.86. The molecule has 2 unspecified atom stereocenters. The molecule has 1 aliphatic heterocycles. The topological polar surface area (TPSA) is 118 Å². The summed E-state index contributed by atoms with van der Waals surface area (Å²) in [7, 11) is 0. The van der Waals surface area contributed by atoms with Crippen molar-refractivity contribution in [1.29, 1.82) is 0 Å². The molecule has 0 spiro atoms. The number of hydrogen-bond acceptors (Lipinski definition) is 7. The Kier molecular flexibility index (Phi) is 12.4. The van der Waals surface area contributed by atoms with Crippen LogP contribution in [0, 0.1) is 0 Å². The minimum absolute atomic E-state index is 0.0814. The number of halogens is 4. The van der Waals surface area contributed by atoms with Gasteiger partial charge in [0.05, 0.1) is 40.3 Å². The molecule has 0 aliphatic carbocycles. The van der Waals surface area contributed by atoms with Crippen LogP contribution in [-0.4, -0.2) is 71.5 Å². The predicted octanol–water partition coefficient (Wildman–Crippen LogP) is 5.93. The largest absolute Gasteiger partial charge is 0.417 e. The molecule has 3 aromatic rings. The van der Waals surface area contributed by atoms with E-state index in [0.29, 0.717) is 25.2 Å². The van der Waals surface area contributed by atoms with Crippen molar-refractivity contribution in [3.63, 3.8) is 0 Å². The first-order valence-corrected chi connectivity index (χ1v) is 15.8. The molecule has 2 atom stereocenters. The second-order valence-electron chi connectivity index (χ2n) is 11.8. The highest BCUT2D eigenvalue weighted by Gasteiger charge is 2.33. The van der Waals surface area contributed by atoms with Crippen molar-refractivity contribution in [3.05, 3.63) is 93.5 Å². The fourth-order valence-corrected chi connectivity index (χ4v) is 5.68. The van der Waals surface area contributed by atoms with Crippen molar-refractivity contribution < 1.29 is 33.0 Å². The van der Waals surface area contributed by atoms with Gasteiger partial charge in [-0.1, -0.05) is 29.8 Å². The number of nitrogens with zero attached hydrogens (tertiary/aromatic N) is 3. The number of hydrazone groups is 1. The highest BCUT2D eigenvalue weighted by atomic mass is 35.5. The quantitative estimate of drug-likeness (QED) is 0.140. The number of aliphatic hydroxyl groups is 2. The molecule has 3 aromatic carbocycles. The number of benzene rings is 3. The summed E-state index contributed by atoms with van der Waals surface area (Å²) >= 11 is 5.70. The maximum atomic E-state index is 13.4. The van der Waals surface area contributed by atoms with Gasteiger partial charge in [0.15, 0.2) is 0 Å². The first kappa shape index (κ1) is 35.9. The lowest BCUT2D eigenvalue weighted by Crippen LogP contribution is -2.35. The summed E-state index contributed by atoms with van der Waals surface area (Å²) in [6, 6.07) is 15.3. The van der Waals surface area contributed by atoms with Gasteiger partial charge < -0.3 is 20.4 Å². The van der Waals surface area contributed by atoms with E-state index in [2.05, 4.69) is 20.7 Å². The first-order valence-electron chi connectivity index (χ1n) is 15.4. The van der Waals surface area contributed by atoms with Gasteiger partial charge in [-0.2, -0.15) is 18.3 Å². The van der Waals surface area contributed by atoms with E-state index in [1.54, 1.807) is 44.2 Å². The number of carbonyl (C=O) groups is 2. The summed E-state index contributed by atoms with van der Waals surface area (Å²) in [5, 5.41) is 26.0. The van der Waals surface area contributed by atoms with Gasteiger partial charge in [0, 0.05) is 44.0 Å². The molecule has 13 heteroatoms. The Hall–Kier alpha value is -3.97. The van der Waals surface area contributed by atoms with Crippen molar-refractivity contribution >= 4 is 41.0 Å². The van der Waals surface area contributed by atoms with Crippen LogP contribution >= 0.6 is 11.6 Å². The molecule has 0 saturated carbocycles. The Bertz CT molecular complexity index is 1570. The predicted molar refractivity (Wildman–Crippen MR) is 177 cm³/mol. The summed E-state index contributed by atoms with van der Waals surface area (Å²) in [6.07, 6.45) is -1.65. The molecule has 0 radical (unpaired) electrons. The Labute approximate surface area is 277 Å². The van der Waals surface area contributed by atoms with Crippen LogP contribution in [0.5, 0.6) is 0 Å². The minimum Gasteiger partial charge on any atom is -0.392 e. The van der Waals surface area contributed by atoms with Crippen molar-refractivity contribution in [2.45, 2.75) is 58.0 Å². The highest BCUT2D eigenvalue weighted by Crippen LogP contribution is 2.35. The van der Waals surface area contributed by atoms with Crippen LogP contribution in [-0.2, 0) is 12.7 Å². The van der Waals surface area contributed by atoms with Gasteiger partial charge in [0.25, 0.3) is 11.8 Å². The molecule has 9 nitrogen and oxygen atoms in total. The summed E-state index contributed by atoms with van der Waals surface area (Å²) < 4.78 is 39.8. The van der Waals surface area contributed by atoms with Gasteiger partial charge in [-0.25, -0.2) is 5.43 Å². The fourth-order valence-electron chi connectivity index (χ4n) is 5.46. The molecule has 1 aliphatic rings. The average Bonchev–Trinajstić information content (AvgIpc) is 3.01. The third kappa shape index (κ3) is 10.5. The maximum absolute atomic E-state index is 13.4. The van der Waals surface area contributed by atoms with Gasteiger partial charge in [-0.05, 0) is 86.7 Å². The standard InChI is InChI=1S/C34H39ClF3N5O4/c1-22(44)19-42(20-23(2)45)21-25-7-6-8-26(15-25)32(46)40-31-12-10-27(43-13-4-3-5-14-43)17-28(31)33(47)41-39-18-24-9-11-30(35)29(16-24)34(36,37)38/h6-12,15-18,22-23,44-45H,3-5,13-14,19-21H2,1-2H3,(H,40,46)(H,41,47). The number of carbonyl (C=O) groups excluding carboxylic acids is 2. The molecular weight excluding hydrogens is 635 g/mol. The summed E-state index contributed by atoms with van der Waals surface area (Å²) in [4.78, 5) is 30.9. The van der Waals surface area contributed by atoms with Crippen molar-refractivity contribution in [3.8, 4) is 0 Å². The van der Waals surface area contributed by atoms with Crippen molar-refractivity contribution in [1.82, 2.24) is 10.3 Å². The Morgan fingerprint density at radius 3 is 2.34 bits per heavy atom. The number of alkyl halides is 3. The van der Waals surface area contributed by atoms with Crippen molar-refractivity contribution in [2.75, 3.05) is 36.4 Å². The van der Waals surface area contributed by atoms with E-state index < -0.39 is 40.8 Å². The molecule has 252 valence electrons. The smallest absolute Gasteiger partial charge is 0.392 e. The number of anilines is 2. The molecular formula is C34H39ClF3N5O4. The number of rotatable bonds is 12. The molecule has 4 N–H and O–H groups in total. The fraction of sp³-hybridized carbons (Fsp3) is 0.382.